The molecule has 3 amide bonds. The second-order valence-electron chi connectivity index (χ2n) is 5.98. The van der Waals surface area contributed by atoms with Crippen molar-refractivity contribution in [2.45, 2.75) is 19.7 Å². The summed E-state index contributed by atoms with van der Waals surface area (Å²) in [5, 5.41) is 11.6. The fourth-order valence-corrected chi connectivity index (χ4v) is 2.65. The van der Waals surface area contributed by atoms with Crippen LogP contribution in [0.25, 0.3) is 0 Å². The molecule has 2 aromatic carbocycles. The third-order valence-corrected chi connectivity index (χ3v) is 4.17. The molecule has 0 bridgehead atoms. The number of hydrogen-bond donors (Lipinski definition) is 2. The molecular weight excluding hydrogens is 336 g/mol. The van der Waals surface area contributed by atoms with Gasteiger partial charge in [0.2, 0.25) is 5.91 Å². The lowest BCUT2D eigenvalue weighted by Crippen LogP contribution is -2.66. The van der Waals surface area contributed by atoms with Gasteiger partial charge in [0.25, 0.3) is 0 Å². The van der Waals surface area contributed by atoms with Gasteiger partial charge in [0.1, 0.15) is 5.75 Å². The Morgan fingerprint density at radius 2 is 1.77 bits per heavy atom. The Bertz CT molecular complexity index is 820. The van der Waals surface area contributed by atoms with Crippen LogP contribution in [-0.2, 0) is 11.3 Å². The Hall–Kier alpha value is -3.35. The molecule has 1 heterocycles. The molecule has 3 rings (SSSR count). The standard InChI is InChI=1S/C19H18N2O5/c1-12-16(22)21(19(25)20-11-13-5-3-2-4-6-13)17(12)26-15-9-7-14(8-10-15)18(23)24/h2-10,12,17H,11H2,1H3,(H,20,25)(H,23,24)/t12-,17-/m1/s1. The molecule has 26 heavy (non-hydrogen) atoms. The normalized spacial score (nSPS) is 18.8. The predicted octanol–water partition coefficient (Wildman–Crippen LogP) is 2.48. The number of likely N-dealkylation sites (tertiary alicyclic amines) is 1. The number of carbonyl (C=O) groups excluding carboxylic acids is 2. The maximum Gasteiger partial charge on any atom is 0.335 e. The first-order chi connectivity index (χ1) is 12.5. The molecule has 2 N–H and O–H groups in total. The maximum absolute atomic E-state index is 12.3. The lowest BCUT2D eigenvalue weighted by Gasteiger charge is -2.43. The number of ether oxygens (including phenoxy) is 1. The number of hydrogen-bond acceptors (Lipinski definition) is 4. The zero-order chi connectivity index (χ0) is 18.7. The second-order valence-corrected chi connectivity index (χ2v) is 5.98. The number of urea groups is 1. The number of carboxylic acids is 1. The Kier molecular flexibility index (Phi) is 4.88. The molecule has 7 heteroatoms. The molecule has 1 aliphatic heterocycles. The summed E-state index contributed by atoms with van der Waals surface area (Å²) in [5.41, 5.74) is 1.05. The van der Waals surface area contributed by atoms with Crippen molar-refractivity contribution < 1.29 is 24.2 Å². The van der Waals surface area contributed by atoms with Crippen LogP contribution in [0.4, 0.5) is 4.79 Å². The SMILES string of the molecule is C[C@@H]1C(=O)N(C(=O)NCc2ccccc2)[C@@H]1Oc1ccc(C(=O)O)cc1. The first-order valence-electron chi connectivity index (χ1n) is 8.12. The van der Waals surface area contributed by atoms with E-state index in [2.05, 4.69) is 5.32 Å². The molecule has 0 spiro atoms. The van der Waals surface area contributed by atoms with E-state index in [4.69, 9.17) is 9.84 Å². The van der Waals surface area contributed by atoms with Crippen molar-refractivity contribution >= 4 is 17.9 Å². The van der Waals surface area contributed by atoms with E-state index in [0.29, 0.717) is 12.3 Å². The molecule has 2 atom stereocenters. The fourth-order valence-electron chi connectivity index (χ4n) is 2.65. The number of rotatable bonds is 5. The number of carboxylic acid groups (broad SMARTS) is 1. The van der Waals surface area contributed by atoms with Crippen molar-refractivity contribution in [2.24, 2.45) is 5.92 Å². The summed E-state index contributed by atoms with van der Waals surface area (Å²) in [7, 11) is 0. The van der Waals surface area contributed by atoms with Crippen molar-refractivity contribution in [3.8, 4) is 5.75 Å². The van der Waals surface area contributed by atoms with Gasteiger partial charge in [-0.25, -0.2) is 14.5 Å². The number of benzene rings is 2. The predicted molar refractivity (Wildman–Crippen MR) is 92.5 cm³/mol. The molecule has 0 unspecified atom stereocenters. The number of amides is 3. The van der Waals surface area contributed by atoms with E-state index in [1.807, 2.05) is 30.3 Å². The molecule has 2 aromatic rings. The first kappa shape index (κ1) is 17.5. The Morgan fingerprint density at radius 1 is 1.12 bits per heavy atom. The van der Waals surface area contributed by atoms with E-state index in [1.165, 1.54) is 24.3 Å². The van der Waals surface area contributed by atoms with Crippen molar-refractivity contribution in [1.29, 1.82) is 0 Å². The van der Waals surface area contributed by atoms with Crippen LogP contribution in [0.5, 0.6) is 5.75 Å². The topological polar surface area (TPSA) is 95.9 Å². The maximum atomic E-state index is 12.3. The van der Waals surface area contributed by atoms with Crippen molar-refractivity contribution in [1.82, 2.24) is 10.2 Å². The highest BCUT2D eigenvalue weighted by atomic mass is 16.5. The highest BCUT2D eigenvalue weighted by Gasteiger charge is 2.50. The van der Waals surface area contributed by atoms with E-state index < -0.39 is 24.1 Å². The highest BCUT2D eigenvalue weighted by Crippen LogP contribution is 2.29. The van der Waals surface area contributed by atoms with Gasteiger partial charge in [0.15, 0.2) is 6.23 Å². The summed E-state index contributed by atoms with van der Waals surface area (Å²) in [6.07, 6.45) is -0.728. The molecule has 0 radical (unpaired) electrons. The van der Waals surface area contributed by atoms with E-state index in [1.54, 1.807) is 6.92 Å². The molecular formula is C19H18N2O5. The number of aromatic carboxylic acids is 1. The smallest absolute Gasteiger partial charge is 0.335 e. The van der Waals surface area contributed by atoms with Crippen molar-refractivity contribution in [2.75, 3.05) is 0 Å². The number of imide groups is 1. The third kappa shape index (κ3) is 3.51. The molecule has 0 aromatic heterocycles. The van der Waals surface area contributed by atoms with Gasteiger partial charge in [-0.1, -0.05) is 30.3 Å². The summed E-state index contributed by atoms with van der Waals surface area (Å²) in [4.78, 5) is 36.3. The monoisotopic (exact) mass is 354 g/mol. The molecule has 1 aliphatic rings. The Morgan fingerprint density at radius 3 is 2.38 bits per heavy atom. The van der Waals surface area contributed by atoms with Gasteiger partial charge in [0, 0.05) is 6.54 Å². The minimum atomic E-state index is -1.04. The zero-order valence-electron chi connectivity index (χ0n) is 14.1. The van der Waals surface area contributed by atoms with Gasteiger partial charge in [-0.05, 0) is 36.8 Å². The van der Waals surface area contributed by atoms with Gasteiger partial charge >= 0.3 is 12.0 Å². The minimum Gasteiger partial charge on any atom is -0.478 e. The minimum absolute atomic E-state index is 0.132. The molecule has 134 valence electrons. The third-order valence-electron chi connectivity index (χ3n) is 4.17. The number of carbonyl (C=O) groups is 3. The van der Waals surface area contributed by atoms with Crippen molar-refractivity contribution in [3.63, 3.8) is 0 Å². The van der Waals surface area contributed by atoms with Crippen LogP contribution in [0, 0.1) is 5.92 Å². The van der Waals surface area contributed by atoms with E-state index in [0.717, 1.165) is 10.5 Å². The van der Waals surface area contributed by atoms with Crippen LogP contribution in [-0.4, -0.2) is 34.1 Å². The fraction of sp³-hybridized carbons (Fsp3) is 0.211. The van der Waals surface area contributed by atoms with Crippen LogP contribution in [0.1, 0.15) is 22.8 Å². The Labute approximate surface area is 150 Å². The lowest BCUT2D eigenvalue weighted by atomic mass is 9.98. The van der Waals surface area contributed by atoms with Gasteiger partial charge in [-0.2, -0.15) is 0 Å². The number of nitrogens with one attached hydrogen (secondary N) is 1. The average Bonchev–Trinajstić information content (AvgIpc) is 2.66. The quantitative estimate of drug-likeness (QED) is 0.804. The molecule has 0 saturated carbocycles. The van der Waals surface area contributed by atoms with Gasteiger partial charge in [-0.15, -0.1) is 0 Å². The Balaban J connectivity index is 1.63. The average molecular weight is 354 g/mol. The van der Waals surface area contributed by atoms with Crippen molar-refractivity contribution in [3.05, 3.63) is 65.7 Å². The van der Waals surface area contributed by atoms with Gasteiger partial charge in [-0.3, -0.25) is 4.79 Å². The summed E-state index contributed by atoms with van der Waals surface area (Å²) in [6.45, 7) is 1.98. The van der Waals surface area contributed by atoms with Crippen LogP contribution >= 0.6 is 0 Å². The molecule has 0 aliphatic carbocycles. The molecule has 1 saturated heterocycles. The summed E-state index contributed by atoms with van der Waals surface area (Å²) < 4.78 is 5.70. The first-order valence-corrected chi connectivity index (χ1v) is 8.12. The van der Waals surface area contributed by atoms with Crippen LogP contribution < -0.4 is 10.1 Å². The summed E-state index contributed by atoms with van der Waals surface area (Å²) in [5.74, 6) is -1.43. The van der Waals surface area contributed by atoms with E-state index >= 15 is 0 Å². The zero-order valence-corrected chi connectivity index (χ0v) is 14.1. The largest absolute Gasteiger partial charge is 0.478 e. The van der Waals surface area contributed by atoms with Gasteiger partial charge < -0.3 is 15.2 Å². The molecule has 1 fully saturated rings. The van der Waals surface area contributed by atoms with E-state index in [-0.39, 0.29) is 11.5 Å². The highest BCUT2D eigenvalue weighted by molar-refractivity contribution is 6.00. The second kappa shape index (κ2) is 7.26. The van der Waals surface area contributed by atoms with Crippen LogP contribution in [0.15, 0.2) is 54.6 Å². The molecule has 7 nitrogen and oxygen atoms in total. The van der Waals surface area contributed by atoms with Gasteiger partial charge in [0.05, 0.1) is 11.5 Å². The number of β-lactam (4-membered cyclic amide) rings is 1. The van der Waals surface area contributed by atoms with E-state index in [9.17, 15) is 14.4 Å². The number of nitrogens with zero attached hydrogens (tertiary/aromatic N) is 1. The lowest BCUT2D eigenvalue weighted by molar-refractivity contribution is -0.164. The van der Waals surface area contributed by atoms with Crippen LogP contribution in [0.2, 0.25) is 0 Å². The summed E-state index contributed by atoms with van der Waals surface area (Å²) in [6, 6.07) is 14.6. The van der Waals surface area contributed by atoms with Crippen LogP contribution in [0.3, 0.4) is 0 Å². The summed E-state index contributed by atoms with van der Waals surface area (Å²) >= 11 is 0.